The standard InChI is InChI=1S/C13H15N5O2/c14-18-12(19)11(10-4-2-1-3-5-10)15-16-13(18)17-6-8-20-9-7-17/h1-5H,6-9,14H2. The van der Waals surface area contributed by atoms with Crippen LogP contribution in [0.3, 0.4) is 0 Å². The van der Waals surface area contributed by atoms with Crippen LogP contribution in [0.1, 0.15) is 0 Å². The Morgan fingerprint density at radius 2 is 1.80 bits per heavy atom. The van der Waals surface area contributed by atoms with E-state index in [0.717, 1.165) is 4.68 Å². The van der Waals surface area contributed by atoms with Gasteiger partial charge in [-0.25, -0.2) is 0 Å². The summed E-state index contributed by atoms with van der Waals surface area (Å²) in [6.45, 7) is 2.48. The molecule has 0 atom stereocenters. The molecule has 0 bridgehead atoms. The summed E-state index contributed by atoms with van der Waals surface area (Å²) in [5.74, 6) is 6.24. The van der Waals surface area contributed by atoms with Crippen molar-refractivity contribution in [3.63, 3.8) is 0 Å². The summed E-state index contributed by atoms with van der Waals surface area (Å²) in [6, 6.07) is 9.17. The minimum Gasteiger partial charge on any atom is -0.378 e. The van der Waals surface area contributed by atoms with Crippen LogP contribution in [-0.2, 0) is 4.74 Å². The summed E-state index contributed by atoms with van der Waals surface area (Å²) in [4.78, 5) is 14.2. The summed E-state index contributed by atoms with van der Waals surface area (Å²) in [5.41, 5.74) is 0.607. The zero-order chi connectivity index (χ0) is 13.9. The minimum absolute atomic E-state index is 0.255. The number of hydrogen-bond donors (Lipinski definition) is 1. The van der Waals surface area contributed by atoms with Gasteiger partial charge in [-0.15, -0.1) is 10.2 Å². The van der Waals surface area contributed by atoms with Gasteiger partial charge in [-0.05, 0) is 0 Å². The fourth-order valence-corrected chi connectivity index (χ4v) is 2.15. The Bertz CT molecular complexity index is 650. The fourth-order valence-electron chi connectivity index (χ4n) is 2.15. The van der Waals surface area contributed by atoms with Crippen molar-refractivity contribution < 1.29 is 4.74 Å². The zero-order valence-corrected chi connectivity index (χ0v) is 10.9. The highest BCUT2D eigenvalue weighted by atomic mass is 16.5. The first-order valence-electron chi connectivity index (χ1n) is 6.40. The molecule has 1 aliphatic rings. The van der Waals surface area contributed by atoms with Gasteiger partial charge in [0.25, 0.3) is 5.56 Å². The van der Waals surface area contributed by atoms with Gasteiger partial charge in [0.15, 0.2) is 5.69 Å². The first-order valence-corrected chi connectivity index (χ1v) is 6.40. The Hall–Kier alpha value is -2.41. The second-order valence-electron chi connectivity index (χ2n) is 4.49. The van der Waals surface area contributed by atoms with Crippen molar-refractivity contribution in [2.45, 2.75) is 0 Å². The van der Waals surface area contributed by atoms with E-state index in [4.69, 9.17) is 10.6 Å². The maximum atomic E-state index is 12.3. The number of aromatic nitrogens is 3. The molecule has 1 saturated heterocycles. The van der Waals surface area contributed by atoms with Gasteiger partial charge in [-0.3, -0.25) is 4.79 Å². The molecule has 0 aliphatic carbocycles. The van der Waals surface area contributed by atoms with Gasteiger partial charge in [-0.1, -0.05) is 30.3 Å². The fraction of sp³-hybridized carbons (Fsp3) is 0.308. The SMILES string of the molecule is Nn1c(N2CCOCC2)nnc(-c2ccccc2)c1=O. The van der Waals surface area contributed by atoms with Crippen molar-refractivity contribution in [2.75, 3.05) is 37.0 Å². The monoisotopic (exact) mass is 273 g/mol. The van der Waals surface area contributed by atoms with Crippen molar-refractivity contribution in [2.24, 2.45) is 0 Å². The molecule has 2 N–H and O–H groups in total. The third-order valence-electron chi connectivity index (χ3n) is 3.22. The van der Waals surface area contributed by atoms with Crippen LogP contribution < -0.4 is 16.3 Å². The Morgan fingerprint density at radius 3 is 2.50 bits per heavy atom. The van der Waals surface area contributed by atoms with Crippen LogP contribution in [0.5, 0.6) is 0 Å². The van der Waals surface area contributed by atoms with Crippen molar-refractivity contribution in [3.05, 3.63) is 40.7 Å². The molecule has 20 heavy (non-hydrogen) atoms. The molecule has 0 spiro atoms. The normalized spacial score (nSPS) is 15.3. The third kappa shape index (κ3) is 2.23. The summed E-state index contributed by atoms with van der Waals surface area (Å²) in [7, 11) is 0. The molecule has 2 aromatic rings. The van der Waals surface area contributed by atoms with Crippen molar-refractivity contribution in [3.8, 4) is 11.3 Å². The summed E-state index contributed by atoms with van der Waals surface area (Å²) >= 11 is 0. The molecule has 0 saturated carbocycles. The highest BCUT2D eigenvalue weighted by Gasteiger charge is 2.19. The smallest absolute Gasteiger partial charge is 0.300 e. The third-order valence-corrected chi connectivity index (χ3v) is 3.22. The van der Waals surface area contributed by atoms with Gasteiger partial charge in [-0.2, -0.15) is 4.68 Å². The van der Waals surface area contributed by atoms with E-state index in [1.165, 1.54) is 0 Å². The van der Waals surface area contributed by atoms with E-state index in [0.29, 0.717) is 37.8 Å². The van der Waals surface area contributed by atoms with Crippen LogP contribution in [-0.4, -0.2) is 41.2 Å². The van der Waals surface area contributed by atoms with Crippen molar-refractivity contribution in [1.29, 1.82) is 0 Å². The molecule has 0 radical (unpaired) electrons. The van der Waals surface area contributed by atoms with E-state index >= 15 is 0 Å². The lowest BCUT2D eigenvalue weighted by atomic mass is 10.2. The van der Waals surface area contributed by atoms with E-state index in [2.05, 4.69) is 10.2 Å². The number of ether oxygens (including phenoxy) is 1. The zero-order valence-electron chi connectivity index (χ0n) is 10.9. The Labute approximate surface area is 115 Å². The average Bonchev–Trinajstić information content (AvgIpc) is 2.52. The van der Waals surface area contributed by atoms with Crippen LogP contribution in [0.4, 0.5) is 5.95 Å². The number of morpholine rings is 1. The number of benzene rings is 1. The number of nitrogens with zero attached hydrogens (tertiary/aromatic N) is 4. The number of nitrogens with two attached hydrogens (primary N) is 1. The van der Waals surface area contributed by atoms with Gasteiger partial charge >= 0.3 is 0 Å². The lowest BCUT2D eigenvalue weighted by Gasteiger charge is -2.27. The summed E-state index contributed by atoms with van der Waals surface area (Å²) in [5, 5.41) is 8.14. The van der Waals surface area contributed by atoms with Crippen LogP contribution in [0.2, 0.25) is 0 Å². The molecular formula is C13H15N5O2. The molecule has 1 fully saturated rings. The molecule has 1 aromatic heterocycles. The summed E-state index contributed by atoms with van der Waals surface area (Å²) < 4.78 is 6.32. The quantitative estimate of drug-likeness (QED) is 0.766. The topological polar surface area (TPSA) is 86.3 Å². The van der Waals surface area contributed by atoms with Crippen molar-refractivity contribution >= 4 is 5.95 Å². The second kappa shape index (κ2) is 5.30. The average molecular weight is 273 g/mol. The largest absolute Gasteiger partial charge is 0.378 e. The van der Waals surface area contributed by atoms with E-state index in [-0.39, 0.29) is 11.3 Å². The van der Waals surface area contributed by atoms with E-state index in [1.807, 2.05) is 23.1 Å². The number of nitrogen functional groups attached to an aromatic ring is 1. The van der Waals surface area contributed by atoms with E-state index < -0.39 is 0 Å². The number of rotatable bonds is 2. The molecule has 104 valence electrons. The molecule has 2 heterocycles. The predicted octanol–water partition coefficient (Wildman–Crippen LogP) is -0.144. The number of anilines is 1. The van der Waals surface area contributed by atoms with Crippen LogP contribution in [0, 0.1) is 0 Å². The Morgan fingerprint density at radius 1 is 1.10 bits per heavy atom. The highest BCUT2D eigenvalue weighted by molar-refractivity contribution is 5.57. The van der Waals surface area contributed by atoms with Crippen LogP contribution >= 0.6 is 0 Å². The van der Waals surface area contributed by atoms with Gasteiger partial charge in [0.1, 0.15) is 0 Å². The molecule has 0 amide bonds. The van der Waals surface area contributed by atoms with Crippen molar-refractivity contribution in [1.82, 2.24) is 14.9 Å². The van der Waals surface area contributed by atoms with Gasteiger partial charge < -0.3 is 15.5 Å². The molecule has 1 aromatic carbocycles. The van der Waals surface area contributed by atoms with Gasteiger partial charge in [0.05, 0.1) is 13.2 Å². The molecule has 3 rings (SSSR count). The van der Waals surface area contributed by atoms with E-state index in [1.54, 1.807) is 12.1 Å². The van der Waals surface area contributed by atoms with E-state index in [9.17, 15) is 4.79 Å². The first kappa shape index (κ1) is 12.6. The molecular weight excluding hydrogens is 258 g/mol. The van der Waals surface area contributed by atoms with Gasteiger partial charge in [0.2, 0.25) is 5.95 Å². The van der Waals surface area contributed by atoms with Crippen LogP contribution in [0.25, 0.3) is 11.3 Å². The summed E-state index contributed by atoms with van der Waals surface area (Å²) in [6.07, 6.45) is 0. The Balaban J connectivity index is 2.01. The lowest BCUT2D eigenvalue weighted by molar-refractivity contribution is 0.121. The number of hydrogen-bond acceptors (Lipinski definition) is 6. The predicted molar refractivity (Wildman–Crippen MR) is 74.9 cm³/mol. The highest BCUT2D eigenvalue weighted by Crippen LogP contribution is 2.13. The maximum absolute atomic E-state index is 12.3. The minimum atomic E-state index is -0.354. The molecule has 7 nitrogen and oxygen atoms in total. The molecule has 0 unspecified atom stereocenters. The maximum Gasteiger partial charge on any atom is 0.300 e. The van der Waals surface area contributed by atoms with Crippen LogP contribution in [0.15, 0.2) is 35.1 Å². The Kier molecular flexibility index (Phi) is 3.34. The molecule has 1 aliphatic heterocycles. The second-order valence-corrected chi connectivity index (χ2v) is 4.49. The molecule has 7 heteroatoms. The first-order chi connectivity index (χ1) is 9.77. The lowest BCUT2D eigenvalue weighted by Crippen LogP contribution is -2.43. The van der Waals surface area contributed by atoms with Gasteiger partial charge in [0, 0.05) is 18.7 Å².